The fourth-order valence-electron chi connectivity index (χ4n) is 0.735. The third-order valence-electron chi connectivity index (χ3n) is 1.48. The fourth-order valence-corrected chi connectivity index (χ4v) is 0.735. The quantitative estimate of drug-likeness (QED) is 0.456. The molecule has 1 atom stereocenters. The predicted octanol–water partition coefficient (Wildman–Crippen LogP) is 0.381. The first-order valence-electron chi connectivity index (χ1n) is 2.93. The standard InChI is InChI=1S/C6H12N2/c1-6-4-3-5-7-8(6)2/h3-4,6-7H,5H2,1-2H3. The predicted molar refractivity (Wildman–Crippen MR) is 34.4 cm³/mol. The minimum Gasteiger partial charge on any atom is -0.251 e. The van der Waals surface area contributed by atoms with Gasteiger partial charge in [-0.3, -0.25) is 5.43 Å². The smallest absolute Gasteiger partial charge is 0.0392 e. The fraction of sp³-hybridized carbons (Fsp3) is 0.667. The van der Waals surface area contributed by atoms with Crippen molar-refractivity contribution in [1.29, 1.82) is 0 Å². The summed E-state index contributed by atoms with van der Waals surface area (Å²) < 4.78 is 0. The molecule has 0 aromatic heterocycles. The topological polar surface area (TPSA) is 15.3 Å². The first-order chi connectivity index (χ1) is 3.80. The Labute approximate surface area is 50.1 Å². The molecule has 1 heterocycles. The number of rotatable bonds is 0. The van der Waals surface area contributed by atoms with Crippen LogP contribution in [-0.2, 0) is 0 Å². The molecule has 0 amide bonds. The molecule has 8 heavy (non-hydrogen) atoms. The molecule has 46 valence electrons. The summed E-state index contributed by atoms with van der Waals surface area (Å²) >= 11 is 0. The number of hydrazine groups is 1. The van der Waals surface area contributed by atoms with E-state index in [1.54, 1.807) is 0 Å². The first-order valence-corrected chi connectivity index (χ1v) is 2.93. The maximum absolute atomic E-state index is 3.18. The zero-order valence-corrected chi connectivity index (χ0v) is 5.39. The summed E-state index contributed by atoms with van der Waals surface area (Å²) in [6.45, 7) is 3.13. The Bertz CT molecular complexity index is 98.7. The van der Waals surface area contributed by atoms with E-state index in [0.29, 0.717) is 6.04 Å². The molecule has 0 radical (unpaired) electrons. The van der Waals surface area contributed by atoms with E-state index in [0.717, 1.165) is 6.54 Å². The van der Waals surface area contributed by atoms with E-state index >= 15 is 0 Å². The largest absolute Gasteiger partial charge is 0.251 e. The molecule has 0 fully saturated rings. The lowest BCUT2D eigenvalue weighted by Gasteiger charge is -2.25. The van der Waals surface area contributed by atoms with E-state index in [1.165, 1.54) is 0 Å². The maximum atomic E-state index is 3.18. The van der Waals surface area contributed by atoms with Crippen LogP contribution in [0.3, 0.4) is 0 Å². The third kappa shape index (κ3) is 1.08. The zero-order valence-electron chi connectivity index (χ0n) is 5.39. The summed E-state index contributed by atoms with van der Waals surface area (Å²) in [5.41, 5.74) is 3.18. The molecule has 1 N–H and O–H groups in total. The Morgan fingerprint density at radius 1 is 1.75 bits per heavy atom. The normalized spacial score (nSPS) is 31.0. The molecule has 0 aromatic carbocycles. The summed E-state index contributed by atoms with van der Waals surface area (Å²) in [6.07, 6.45) is 4.33. The molecular formula is C6H12N2. The molecule has 0 bridgehead atoms. The number of nitrogens with zero attached hydrogens (tertiary/aromatic N) is 1. The van der Waals surface area contributed by atoms with Crippen molar-refractivity contribution in [2.45, 2.75) is 13.0 Å². The Hall–Kier alpha value is -0.340. The van der Waals surface area contributed by atoms with Gasteiger partial charge in [-0.15, -0.1) is 0 Å². The van der Waals surface area contributed by atoms with Crippen molar-refractivity contribution in [3.63, 3.8) is 0 Å². The van der Waals surface area contributed by atoms with Crippen LogP contribution in [0.1, 0.15) is 6.92 Å². The van der Waals surface area contributed by atoms with Crippen LogP contribution in [0, 0.1) is 0 Å². The van der Waals surface area contributed by atoms with E-state index < -0.39 is 0 Å². The van der Waals surface area contributed by atoms with Crippen molar-refractivity contribution >= 4 is 0 Å². The molecule has 1 aliphatic heterocycles. The molecule has 0 aromatic rings. The lowest BCUT2D eigenvalue weighted by Crippen LogP contribution is -2.42. The monoisotopic (exact) mass is 112 g/mol. The van der Waals surface area contributed by atoms with Crippen molar-refractivity contribution in [2.75, 3.05) is 13.6 Å². The summed E-state index contributed by atoms with van der Waals surface area (Å²) in [5.74, 6) is 0. The second kappa shape index (κ2) is 2.29. The lowest BCUT2D eigenvalue weighted by atomic mass is 10.3. The van der Waals surface area contributed by atoms with E-state index in [1.807, 2.05) is 7.05 Å². The van der Waals surface area contributed by atoms with Gasteiger partial charge >= 0.3 is 0 Å². The highest BCUT2D eigenvalue weighted by atomic mass is 15.5. The molecule has 0 aliphatic carbocycles. The average Bonchev–Trinajstić information content (AvgIpc) is 1.77. The molecule has 1 rings (SSSR count). The van der Waals surface area contributed by atoms with Crippen molar-refractivity contribution < 1.29 is 0 Å². The van der Waals surface area contributed by atoms with Crippen molar-refractivity contribution in [3.05, 3.63) is 12.2 Å². The summed E-state index contributed by atoms with van der Waals surface area (Å²) in [7, 11) is 2.05. The zero-order chi connectivity index (χ0) is 5.98. The summed E-state index contributed by atoms with van der Waals surface area (Å²) in [5, 5.41) is 2.10. The molecule has 0 spiro atoms. The second-order valence-corrected chi connectivity index (χ2v) is 2.14. The van der Waals surface area contributed by atoms with E-state index in [9.17, 15) is 0 Å². The van der Waals surface area contributed by atoms with Gasteiger partial charge in [0, 0.05) is 19.6 Å². The van der Waals surface area contributed by atoms with Crippen molar-refractivity contribution in [2.24, 2.45) is 0 Å². The van der Waals surface area contributed by atoms with Crippen LogP contribution < -0.4 is 5.43 Å². The highest BCUT2D eigenvalue weighted by Crippen LogP contribution is 1.96. The molecule has 0 saturated carbocycles. The van der Waals surface area contributed by atoms with Gasteiger partial charge in [0.1, 0.15) is 0 Å². The van der Waals surface area contributed by atoms with Gasteiger partial charge in [0.25, 0.3) is 0 Å². The van der Waals surface area contributed by atoms with E-state index in [4.69, 9.17) is 0 Å². The molecule has 0 saturated heterocycles. The van der Waals surface area contributed by atoms with Crippen LogP contribution in [-0.4, -0.2) is 24.6 Å². The molecule has 1 unspecified atom stereocenters. The SMILES string of the molecule is CC1C=CCNN1C. The van der Waals surface area contributed by atoms with Gasteiger partial charge in [-0.25, -0.2) is 5.01 Å². The van der Waals surface area contributed by atoms with Crippen LogP contribution in [0.15, 0.2) is 12.2 Å². The van der Waals surface area contributed by atoms with Gasteiger partial charge in [-0.1, -0.05) is 12.2 Å². The number of hydrogen-bond acceptors (Lipinski definition) is 2. The summed E-state index contributed by atoms with van der Waals surface area (Å²) in [6, 6.07) is 0.545. The Kier molecular flexibility index (Phi) is 1.65. The van der Waals surface area contributed by atoms with Gasteiger partial charge in [0.05, 0.1) is 0 Å². The van der Waals surface area contributed by atoms with Gasteiger partial charge < -0.3 is 0 Å². The molecule has 1 aliphatic rings. The average molecular weight is 112 g/mol. The molecule has 2 nitrogen and oxygen atoms in total. The van der Waals surface area contributed by atoms with Crippen LogP contribution in [0.2, 0.25) is 0 Å². The molecular weight excluding hydrogens is 100 g/mol. The highest BCUT2D eigenvalue weighted by molar-refractivity contribution is 4.95. The van der Waals surface area contributed by atoms with Crippen LogP contribution in [0.4, 0.5) is 0 Å². The molecule has 2 heteroatoms. The van der Waals surface area contributed by atoms with E-state index in [2.05, 4.69) is 29.5 Å². The second-order valence-electron chi connectivity index (χ2n) is 2.14. The van der Waals surface area contributed by atoms with Crippen molar-refractivity contribution in [3.8, 4) is 0 Å². The van der Waals surface area contributed by atoms with Crippen LogP contribution >= 0.6 is 0 Å². The van der Waals surface area contributed by atoms with E-state index in [-0.39, 0.29) is 0 Å². The number of likely N-dealkylation sites (N-methyl/N-ethyl adjacent to an activating group) is 1. The summed E-state index contributed by atoms with van der Waals surface area (Å²) in [4.78, 5) is 0. The maximum Gasteiger partial charge on any atom is 0.0392 e. The van der Waals surface area contributed by atoms with Gasteiger partial charge in [-0.2, -0.15) is 0 Å². The van der Waals surface area contributed by atoms with Crippen LogP contribution in [0.5, 0.6) is 0 Å². The number of nitrogens with one attached hydrogen (secondary N) is 1. The Morgan fingerprint density at radius 3 is 2.88 bits per heavy atom. The van der Waals surface area contributed by atoms with Crippen LogP contribution in [0.25, 0.3) is 0 Å². The number of hydrogen-bond donors (Lipinski definition) is 1. The van der Waals surface area contributed by atoms with Gasteiger partial charge in [0.2, 0.25) is 0 Å². The highest BCUT2D eigenvalue weighted by Gasteiger charge is 2.05. The van der Waals surface area contributed by atoms with Crippen molar-refractivity contribution in [1.82, 2.24) is 10.4 Å². The van der Waals surface area contributed by atoms with Gasteiger partial charge in [0.15, 0.2) is 0 Å². The Balaban J connectivity index is 2.47. The van der Waals surface area contributed by atoms with Gasteiger partial charge in [-0.05, 0) is 6.92 Å². The lowest BCUT2D eigenvalue weighted by molar-refractivity contribution is 0.204. The minimum atomic E-state index is 0.545. The third-order valence-corrected chi connectivity index (χ3v) is 1.48. The first kappa shape index (κ1) is 5.79. The minimum absolute atomic E-state index is 0.545. The Morgan fingerprint density at radius 2 is 2.50 bits per heavy atom.